The summed E-state index contributed by atoms with van der Waals surface area (Å²) in [6.07, 6.45) is 0. The molecule has 158 valence electrons. The van der Waals surface area contributed by atoms with Crippen molar-refractivity contribution in [1.29, 1.82) is 5.26 Å². The van der Waals surface area contributed by atoms with Crippen molar-refractivity contribution in [2.24, 2.45) is 0 Å². The van der Waals surface area contributed by atoms with Gasteiger partial charge in [-0.15, -0.1) is 0 Å². The molecule has 0 saturated heterocycles. The van der Waals surface area contributed by atoms with Crippen LogP contribution in [0, 0.1) is 18.3 Å². The van der Waals surface area contributed by atoms with E-state index in [0.29, 0.717) is 22.7 Å². The Morgan fingerprint density at radius 1 is 1.13 bits per heavy atom. The van der Waals surface area contributed by atoms with Crippen molar-refractivity contribution in [3.63, 3.8) is 0 Å². The van der Waals surface area contributed by atoms with Crippen LogP contribution in [-0.2, 0) is 9.63 Å². The van der Waals surface area contributed by atoms with Gasteiger partial charge in [0.05, 0.1) is 18.5 Å². The number of anilines is 3. The van der Waals surface area contributed by atoms with Crippen LogP contribution in [0.2, 0.25) is 0 Å². The molecule has 0 unspecified atom stereocenters. The topological polar surface area (TPSA) is 158 Å². The van der Waals surface area contributed by atoms with Gasteiger partial charge in [-0.3, -0.25) is 0 Å². The number of carbonyl (C=O) groups is 1. The van der Waals surface area contributed by atoms with Crippen molar-refractivity contribution < 1.29 is 19.1 Å². The van der Waals surface area contributed by atoms with Crippen LogP contribution in [0.1, 0.15) is 11.1 Å². The fourth-order valence-corrected chi connectivity index (χ4v) is 2.65. The van der Waals surface area contributed by atoms with E-state index in [1.165, 1.54) is 7.11 Å². The van der Waals surface area contributed by atoms with Crippen LogP contribution in [-0.4, -0.2) is 29.7 Å². The van der Waals surface area contributed by atoms with E-state index in [1.807, 2.05) is 25.1 Å². The van der Waals surface area contributed by atoms with Crippen LogP contribution in [0.25, 0.3) is 11.3 Å². The molecule has 0 fully saturated rings. The summed E-state index contributed by atoms with van der Waals surface area (Å²) in [7, 11) is 1.44. The Bertz CT molecular complexity index is 1140. The first kappa shape index (κ1) is 21.2. The number of nitrogens with zero attached hydrogens (tertiary/aromatic N) is 3. The average molecular weight is 420 g/mol. The molecule has 31 heavy (non-hydrogen) atoms. The standard InChI is InChI=1S/C21H20N6O4/c1-12-3-6-14(7-4-12)27-31-18(28)11-30-16-8-5-13(9-17(16)29-2)19-15(10-22)20(23)26-21(24)25-19/h3-9,27H,11H2,1-2H3,(H4,23,24,25,26). The molecule has 5 N–H and O–H groups in total. The molecule has 0 amide bonds. The third-order valence-corrected chi connectivity index (χ3v) is 4.18. The van der Waals surface area contributed by atoms with Crippen molar-refractivity contribution in [2.45, 2.75) is 6.92 Å². The molecule has 0 aliphatic carbocycles. The Hall–Kier alpha value is -4.52. The molecule has 0 aliphatic heterocycles. The molecule has 0 atom stereocenters. The number of benzene rings is 2. The average Bonchev–Trinajstić information content (AvgIpc) is 2.76. The molecular formula is C21H20N6O4. The number of nitrogens with two attached hydrogens (primary N) is 2. The summed E-state index contributed by atoms with van der Waals surface area (Å²) in [4.78, 5) is 24.8. The fraction of sp³-hybridized carbons (Fsp3) is 0.143. The maximum absolute atomic E-state index is 12.0. The molecule has 0 bridgehead atoms. The first-order chi connectivity index (χ1) is 14.9. The minimum Gasteiger partial charge on any atom is -0.493 e. The van der Waals surface area contributed by atoms with Gasteiger partial charge >= 0.3 is 5.97 Å². The maximum atomic E-state index is 12.0. The first-order valence-corrected chi connectivity index (χ1v) is 9.08. The zero-order valence-corrected chi connectivity index (χ0v) is 16.9. The van der Waals surface area contributed by atoms with Gasteiger partial charge in [-0.1, -0.05) is 17.7 Å². The van der Waals surface area contributed by atoms with Gasteiger partial charge in [0, 0.05) is 5.56 Å². The highest BCUT2D eigenvalue weighted by Gasteiger charge is 2.16. The van der Waals surface area contributed by atoms with E-state index < -0.39 is 5.97 Å². The van der Waals surface area contributed by atoms with Crippen molar-refractivity contribution in [1.82, 2.24) is 9.97 Å². The maximum Gasteiger partial charge on any atom is 0.369 e. The van der Waals surface area contributed by atoms with E-state index >= 15 is 0 Å². The second kappa shape index (κ2) is 9.32. The smallest absolute Gasteiger partial charge is 0.369 e. The SMILES string of the molecule is COc1cc(-c2nc(N)nc(N)c2C#N)ccc1OCC(=O)ONc1ccc(C)cc1. The van der Waals surface area contributed by atoms with Gasteiger partial charge in [-0.25, -0.2) is 15.3 Å². The predicted molar refractivity (Wildman–Crippen MR) is 114 cm³/mol. The van der Waals surface area contributed by atoms with Gasteiger partial charge in [0.15, 0.2) is 18.1 Å². The minimum absolute atomic E-state index is 0.0203. The van der Waals surface area contributed by atoms with Crippen LogP contribution < -0.4 is 26.4 Å². The highest BCUT2D eigenvalue weighted by Crippen LogP contribution is 2.34. The lowest BCUT2D eigenvalue weighted by atomic mass is 10.1. The number of carbonyl (C=O) groups excluding carboxylic acids is 1. The summed E-state index contributed by atoms with van der Waals surface area (Å²) in [5.41, 5.74) is 16.6. The summed E-state index contributed by atoms with van der Waals surface area (Å²) in [5.74, 6) is -0.0963. The lowest BCUT2D eigenvalue weighted by Gasteiger charge is -2.13. The van der Waals surface area contributed by atoms with Gasteiger partial charge in [-0.05, 0) is 37.3 Å². The lowest BCUT2D eigenvalue weighted by Crippen LogP contribution is -2.18. The van der Waals surface area contributed by atoms with E-state index in [4.69, 9.17) is 25.8 Å². The zero-order valence-electron chi connectivity index (χ0n) is 16.9. The molecule has 0 aliphatic rings. The second-order valence-electron chi connectivity index (χ2n) is 6.40. The minimum atomic E-state index is -0.630. The summed E-state index contributed by atoms with van der Waals surface area (Å²) in [5, 5.41) is 9.36. The van der Waals surface area contributed by atoms with Gasteiger partial charge < -0.3 is 25.8 Å². The van der Waals surface area contributed by atoms with Crippen LogP contribution in [0.15, 0.2) is 42.5 Å². The third kappa shape index (κ3) is 5.10. The van der Waals surface area contributed by atoms with Crippen LogP contribution >= 0.6 is 0 Å². The Kier molecular flexibility index (Phi) is 6.37. The molecule has 3 aromatic rings. The number of hydrogen-bond donors (Lipinski definition) is 3. The number of methoxy groups -OCH3 is 1. The normalized spacial score (nSPS) is 10.1. The summed E-state index contributed by atoms with van der Waals surface area (Å²) >= 11 is 0. The van der Waals surface area contributed by atoms with E-state index in [2.05, 4.69) is 15.4 Å². The third-order valence-electron chi connectivity index (χ3n) is 4.18. The van der Waals surface area contributed by atoms with Crippen LogP contribution in [0.5, 0.6) is 11.5 Å². The van der Waals surface area contributed by atoms with Gasteiger partial charge in [0.2, 0.25) is 5.95 Å². The second-order valence-corrected chi connectivity index (χ2v) is 6.40. The van der Waals surface area contributed by atoms with Gasteiger partial charge in [-0.2, -0.15) is 10.2 Å². The highest BCUT2D eigenvalue weighted by molar-refractivity contribution is 5.75. The Labute approximate surface area is 178 Å². The molecular weight excluding hydrogens is 400 g/mol. The number of nitrogens with one attached hydrogen (secondary N) is 1. The zero-order chi connectivity index (χ0) is 22.4. The first-order valence-electron chi connectivity index (χ1n) is 9.08. The molecule has 10 heteroatoms. The van der Waals surface area contributed by atoms with Crippen molar-refractivity contribution >= 4 is 23.4 Å². The summed E-state index contributed by atoms with van der Waals surface area (Å²) < 4.78 is 10.8. The number of nitriles is 1. The Morgan fingerprint density at radius 2 is 1.87 bits per heavy atom. The molecule has 1 aromatic heterocycles. The van der Waals surface area contributed by atoms with Crippen molar-refractivity contribution in [3.8, 4) is 28.8 Å². The molecule has 0 saturated carbocycles. The largest absolute Gasteiger partial charge is 0.493 e. The number of rotatable bonds is 7. The Morgan fingerprint density at radius 3 is 2.55 bits per heavy atom. The van der Waals surface area contributed by atoms with E-state index in [-0.39, 0.29) is 29.6 Å². The van der Waals surface area contributed by atoms with Gasteiger partial charge in [0.1, 0.15) is 17.5 Å². The number of aromatic nitrogens is 2. The van der Waals surface area contributed by atoms with E-state index in [1.54, 1.807) is 30.3 Å². The number of hydrogen-bond acceptors (Lipinski definition) is 10. The molecule has 10 nitrogen and oxygen atoms in total. The fourth-order valence-electron chi connectivity index (χ4n) is 2.65. The van der Waals surface area contributed by atoms with Gasteiger partial charge in [0.25, 0.3) is 0 Å². The Balaban J connectivity index is 1.70. The van der Waals surface area contributed by atoms with E-state index in [0.717, 1.165) is 5.56 Å². The molecule has 1 heterocycles. The van der Waals surface area contributed by atoms with Crippen LogP contribution in [0.3, 0.4) is 0 Å². The monoisotopic (exact) mass is 420 g/mol. The predicted octanol–water partition coefficient (Wildman–Crippen LogP) is 2.45. The molecule has 2 aromatic carbocycles. The quantitative estimate of drug-likeness (QED) is 0.485. The summed E-state index contributed by atoms with van der Waals surface area (Å²) in [6.45, 7) is 1.60. The molecule has 0 spiro atoms. The van der Waals surface area contributed by atoms with Crippen molar-refractivity contribution in [2.75, 3.05) is 30.7 Å². The number of nitrogen functional groups attached to an aromatic ring is 2. The summed E-state index contributed by atoms with van der Waals surface area (Å²) in [6, 6.07) is 14.1. The van der Waals surface area contributed by atoms with Crippen molar-refractivity contribution in [3.05, 3.63) is 53.6 Å². The molecule has 0 radical (unpaired) electrons. The van der Waals surface area contributed by atoms with E-state index in [9.17, 15) is 10.1 Å². The number of ether oxygens (including phenoxy) is 2. The number of aryl methyl sites for hydroxylation is 1. The lowest BCUT2D eigenvalue weighted by molar-refractivity contribution is -0.143. The molecule has 3 rings (SSSR count). The van der Waals surface area contributed by atoms with Crippen LogP contribution in [0.4, 0.5) is 17.5 Å². The highest BCUT2D eigenvalue weighted by atomic mass is 16.7.